The summed E-state index contributed by atoms with van der Waals surface area (Å²) in [4.78, 5) is 44.0. The van der Waals surface area contributed by atoms with Crippen molar-refractivity contribution in [3.05, 3.63) is 112 Å². The lowest BCUT2D eigenvalue weighted by molar-refractivity contribution is 0.0724. The maximum atomic E-state index is 13.5. The molecular weight excluding hydrogens is 480 g/mol. The summed E-state index contributed by atoms with van der Waals surface area (Å²) in [7, 11) is 0. The van der Waals surface area contributed by atoms with Crippen LogP contribution in [-0.2, 0) is 6.42 Å². The van der Waals surface area contributed by atoms with Gasteiger partial charge in [-0.3, -0.25) is 9.59 Å². The Morgan fingerprint density at radius 2 is 1.66 bits per heavy atom. The molecule has 2 N–H and O–H groups in total. The Kier molecular flexibility index (Phi) is 6.98. The summed E-state index contributed by atoms with van der Waals surface area (Å²) < 4.78 is 31.9. The highest BCUT2D eigenvalue weighted by Gasteiger charge is 2.22. The van der Waals surface area contributed by atoms with E-state index in [1.807, 2.05) is 0 Å². The van der Waals surface area contributed by atoms with Crippen LogP contribution in [0.5, 0.6) is 5.75 Å². The number of esters is 1. The van der Waals surface area contributed by atoms with Crippen molar-refractivity contribution in [2.24, 2.45) is 0 Å². The molecule has 0 fully saturated rings. The number of hydrogen-bond acceptors (Lipinski definition) is 5. The fraction of sp³-hybridized carbons (Fsp3) is 0.0400. The molecule has 7 nitrogen and oxygen atoms in total. The lowest BCUT2D eigenvalue weighted by atomic mass is 10.0. The number of halogens is 3. The van der Waals surface area contributed by atoms with E-state index in [9.17, 15) is 23.2 Å². The first-order valence-corrected chi connectivity index (χ1v) is 10.6. The topological polar surface area (TPSA) is 101 Å². The number of para-hydroxylation sites is 1. The Morgan fingerprint density at radius 1 is 0.971 bits per heavy atom. The Labute approximate surface area is 202 Å². The number of benzene rings is 3. The minimum atomic E-state index is -1.17. The summed E-state index contributed by atoms with van der Waals surface area (Å²) >= 11 is 5.86. The van der Waals surface area contributed by atoms with Crippen LogP contribution in [0.4, 0.5) is 14.5 Å². The van der Waals surface area contributed by atoms with Crippen LogP contribution in [0.25, 0.3) is 0 Å². The Bertz CT molecular complexity index is 1410. The molecule has 4 aromatic rings. The maximum absolute atomic E-state index is 13.5. The van der Waals surface area contributed by atoms with E-state index in [0.717, 1.165) is 12.1 Å². The normalized spacial score (nSPS) is 10.6. The van der Waals surface area contributed by atoms with Gasteiger partial charge < -0.3 is 15.0 Å². The molecule has 1 amide bonds. The molecule has 3 aromatic carbocycles. The molecule has 10 heteroatoms. The van der Waals surface area contributed by atoms with E-state index in [4.69, 9.17) is 16.3 Å². The van der Waals surface area contributed by atoms with Crippen molar-refractivity contribution in [3.63, 3.8) is 0 Å². The zero-order valence-electron chi connectivity index (χ0n) is 17.8. The van der Waals surface area contributed by atoms with Crippen LogP contribution in [0.2, 0.25) is 5.02 Å². The van der Waals surface area contributed by atoms with Crippen LogP contribution >= 0.6 is 11.6 Å². The van der Waals surface area contributed by atoms with E-state index in [2.05, 4.69) is 15.3 Å². The van der Waals surface area contributed by atoms with Crippen LogP contribution in [-0.4, -0.2) is 27.6 Å². The zero-order valence-corrected chi connectivity index (χ0v) is 18.6. The fourth-order valence-corrected chi connectivity index (χ4v) is 3.44. The number of ketones is 1. The van der Waals surface area contributed by atoms with Crippen LogP contribution in [0, 0.1) is 11.6 Å². The number of ether oxygens (including phenoxy) is 1. The summed E-state index contributed by atoms with van der Waals surface area (Å²) in [5.74, 6) is -3.91. The summed E-state index contributed by atoms with van der Waals surface area (Å²) in [6.07, 6.45) is 1.09. The van der Waals surface area contributed by atoms with Crippen molar-refractivity contribution in [3.8, 4) is 5.75 Å². The predicted molar refractivity (Wildman–Crippen MR) is 124 cm³/mol. The average Bonchev–Trinajstić information content (AvgIpc) is 3.34. The lowest BCUT2D eigenvalue weighted by Gasteiger charge is -2.08. The largest absolute Gasteiger partial charge is 0.422 e. The lowest BCUT2D eigenvalue weighted by Crippen LogP contribution is -2.19. The fourth-order valence-electron chi connectivity index (χ4n) is 3.18. The molecule has 0 saturated heterocycles. The second-order valence-electron chi connectivity index (χ2n) is 7.33. The molecule has 0 atom stereocenters. The molecule has 0 bridgehead atoms. The molecule has 0 aliphatic carbocycles. The molecule has 35 heavy (non-hydrogen) atoms. The number of anilines is 1. The monoisotopic (exact) mass is 495 g/mol. The third-order valence-corrected chi connectivity index (χ3v) is 5.21. The minimum absolute atomic E-state index is 0.114. The van der Waals surface area contributed by atoms with Gasteiger partial charge in [0.15, 0.2) is 28.8 Å². The van der Waals surface area contributed by atoms with Gasteiger partial charge in [0, 0.05) is 17.7 Å². The van der Waals surface area contributed by atoms with Crippen molar-refractivity contribution in [2.75, 3.05) is 5.32 Å². The van der Waals surface area contributed by atoms with Gasteiger partial charge in [-0.15, -0.1) is 0 Å². The molecule has 4 rings (SSSR count). The van der Waals surface area contributed by atoms with Crippen molar-refractivity contribution < 1.29 is 27.9 Å². The van der Waals surface area contributed by atoms with Crippen molar-refractivity contribution in [1.29, 1.82) is 0 Å². The number of nitrogens with one attached hydrogen (secondary N) is 2. The highest BCUT2D eigenvalue weighted by molar-refractivity contribution is 6.34. The van der Waals surface area contributed by atoms with Gasteiger partial charge in [0.05, 0.1) is 11.3 Å². The highest BCUT2D eigenvalue weighted by Crippen LogP contribution is 2.22. The summed E-state index contributed by atoms with van der Waals surface area (Å²) in [5.41, 5.74) is 0.537. The SMILES string of the molecule is O=C(Cc1ccc(NC(=O)c2nc[nH]c2C(=O)Oc2ccccc2)cc1)c1cc(F)c(F)cc1Cl. The van der Waals surface area contributed by atoms with Gasteiger partial charge in [-0.2, -0.15) is 0 Å². The van der Waals surface area contributed by atoms with E-state index in [1.54, 1.807) is 54.6 Å². The number of carbonyl (C=O) groups excluding carboxylic acids is 3. The van der Waals surface area contributed by atoms with E-state index in [1.165, 1.54) is 6.33 Å². The molecule has 0 aliphatic heterocycles. The molecule has 1 heterocycles. The van der Waals surface area contributed by atoms with E-state index < -0.39 is 29.3 Å². The zero-order chi connectivity index (χ0) is 24.9. The summed E-state index contributed by atoms with van der Waals surface area (Å²) in [6.45, 7) is 0. The Balaban J connectivity index is 1.41. The Hall–Kier alpha value is -4.37. The van der Waals surface area contributed by atoms with Gasteiger partial charge in [0.1, 0.15) is 5.75 Å². The van der Waals surface area contributed by atoms with E-state index in [0.29, 0.717) is 17.0 Å². The van der Waals surface area contributed by atoms with Crippen LogP contribution in [0.1, 0.15) is 36.9 Å². The van der Waals surface area contributed by atoms with Gasteiger partial charge in [-0.25, -0.2) is 18.6 Å². The van der Waals surface area contributed by atoms with Crippen molar-refractivity contribution >= 4 is 34.9 Å². The van der Waals surface area contributed by atoms with Crippen LogP contribution in [0.3, 0.4) is 0 Å². The maximum Gasteiger partial charge on any atom is 0.362 e. The molecule has 0 aliphatic rings. The van der Waals surface area contributed by atoms with Crippen molar-refractivity contribution in [2.45, 2.75) is 6.42 Å². The van der Waals surface area contributed by atoms with Gasteiger partial charge >= 0.3 is 5.97 Å². The van der Waals surface area contributed by atoms with Gasteiger partial charge in [0.25, 0.3) is 5.91 Å². The van der Waals surface area contributed by atoms with Crippen molar-refractivity contribution in [1.82, 2.24) is 9.97 Å². The molecule has 176 valence electrons. The summed E-state index contributed by atoms with van der Waals surface area (Å²) in [5, 5.41) is 2.43. The molecular formula is C25H16ClF2N3O4. The number of imidazole rings is 1. The molecule has 0 radical (unpaired) electrons. The van der Waals surface area contributed by atoms with E-state index >= 15 is 0 Å². The first-order valence-electron chi connectivity index (χ1n) is 10.2. The third kappa shape index (κ3) is 5.59. The molecule has 1 aromatic heterocycles. The van der Waals surface area contributed by atoms with Gasteiger partial charge in [0.2, 0.25) is 0 Å². The number of Topliss-reactive ketones (excluding diaryl/α,β-unsaturated/α-hetero) is 1. The van der Waals surface area contributed by atoms with Gasteiger partial charge in [-0.05, 0) is 42.0 Å². The Morgan fingerprint density at radius 3 is 2.37 bits per heavy atom. The number of aromatic nitrogens is 2. The van der Waals surface area contributed by atoms with Crippen LogP contribution < -0.4 is 10.1 Å². The van der Waals surface area contributed by atoms with E-state index in [-0.39, 0.29) is 28.4 Å². The number of nitrogens with zero attached hydrogens (tertiary/aromatic N) is 1. The molecule has 0 saturated carbocycles. The molecule has 0 unspecified atom stereocenters. The standard InChI is InChI=1S/C25H16ClF2N3O4/c26-18-12-20(28)19(27)11-17(18)21(32)10-14-6-8-15(9-7-14)31-24(33)22-23(30-13-29-22)25(34)35-16-4-2-1-3-5-16/h1-9,11-13H,10H2,(H,29,30)(H,31,33). The number of rotatable bonds is 7. The number of H-pyrrole nitrogens is 1. The predicted octanol–water partition coefficient (Wildman–Crippen LogP) is 5.24. The summed E-state index contributed by atoms with van der Waals surface area (Å²) in [6, 6.07) is 16.1. The first-order chi connectivity index (χ1) is 16.8. The van der Waals surface area contributed by atoms with Crippen LogP contribution in [0.15, 0.2) is 73.1 Å². The second kappa shape index (κ2) is 10.3. The average molecular weight is 496 g/mol. The van der Waals surface area contributed by atoms with Gasteiger partial charge in [-0.1, -0.05) is 41.9 Å². The highest BCUT2D eigenvalue weighted by atomic mass is 35.5. The minimum Gasteiger partial charge on any atom is -0.422 e. The first kappa shape index (κ1) is 23.8. The quantitative estimate of drug-likeness (QED) is 0.158. The number of carbonyl (C=O) groups is 3. The number of aromatic amines is 1. The number of amides is 1. The smallest absolute Gasteiger partial charge is 0.362 e. The second-order valence-corrected chi connectivity index (χ2v) is 7.73. The molecule has 0 spiro atoms. The number of hydrogen-bond donors (Lipinski definition) is 2. The third-order valence-electron chi connectivity index (χ3n) is 4.90.